The first-order valence-corrected chi connectivity index (χ1v) is 5.87. The van der Waals surface area contributed by atoms with Gasteiger partial charge in [-0.25, -0.2) is 15.0 Å². The molecule has 19 heavy (non-hydrogen) atoms. The molecule has 0 aliphatic heterocycles. The van der Waals surface area contributed by atoms with Gasteiger partial charge in [0, 0.05) is 5.56 Å². The molecule has 0 N–H and O–H groups in total. The van der Waals surface area contributed by atoms with E-state index >= 15 is 0 Å². The Balaban J connectivity index is 2.24. The minimum absolute atomic E-state index is 0.305. The van der Waals surface area contributed by atoms with Crippen molar-refractivity contribution < 1.29 is 0 Å². The molecule has 0 aliphatic carbocycles. The second-order valence-electron chi connectivity index (χ2n) is 4.27. The van der Waals surface area contributed by atoms with E-state index < -0.39 is 0 Å². The van der Waals surface area contributed by atoms with Gasteiger partial charge in [0.05, 0.1) is 11.2 Å². The molecule has 90 valence electrons. The highest BCUT2D eigenvalue weighted by atomic mass is 14.9. The zero-order valence-corrected chi connectivity index (χ0v) is 10.3. The molecule has 0 saturated heterocycles. The fraction of sp³-hybridized carbons (Fsp3) is 0.0667. The lowest BCUT2D eigenvalue weighted by atomic mass is 10.1. The molecule has 0 aliphatic rings. The smallest absolute Gasteiger partial charge is 0.170 e. The van der Waals surface area contributed by atoms with Crippen LogP contribution < -0.4 is 0 Å². The summed E-state index contributed by atoms with van der Waals surface area (Å²) in [6.45, 7) is 2.04. The minimum Gasteiger partial charge on any atom is -0.243 e. The maximum absolute atomic E-state index is 9.06. The molecular weight excluding hydrogens is 236 g/mol. The third kappa shape index (κ3) is 2.02. The highest BCUT2D eigenvalue weighted by molar-refractivity contribution is 5.81. The second kappa shape index (κ2) is 4.46. The molecule has 0 fully saturated rings. The van der Waals surface area contributed by atoms with Gasteiger partial charge in [-0.1, -0.05) is 23.8 Å². The van der Waals surface area contributed by atoms with Gasteiger partial charge >= 0.3 is 0 Å². The number of hydrogen-bond acceptors (Lipinski definition) is 4. The summed E-state index contributed by atoms with van der Waals surface area (Å²) in [5.74, 6) is 0. The van der Waals surface area contributed by atoms with E-state index in [-0.39, 0.29) is 0 Å². The quantitative estimate of drug-likeness (QED) is 0.662. The maximum Gasteiger partial charge on any atom is 0.170 e. The molecule has 4 heteroatoms. The van der Waals surface area contributed by atoms with Gasteiger partial charge in [0.15, 0.2) is 5.69 Å². The van der Waals surface area contributed by atoms with Gasteiger partial charge in [0.25, 0.3) is 0 Å². The third-order valence-electron chi connectivity index (χ3n) is 2.90. The molecule has 3 aromatic rings. The molecule has 3 rings (SSSR count). The zero-order valence-electron chi connectivity index (χ0n) is 10.3. The number of aryl methyl sites for hydroxylation is 1. The summed E-state index contributed by atoms with van der Waals surface area (Å²) < 4.78 is 0. The Morgan fingerprint density at radius 1 is 1.11 bits per heavy atom. The van der Waals surface area contributed by atoms with E-state index in [4.69, 9.17) is 5.26 Å². The SMILES string of the molecule is Cc1cccc(-c2ccc3ncnc(C#N)c3n2)c1. The lowest BCUT2D eigenvalue weighted by molar-refractivity contribution is 1.17. The Morgan fingerprint density at radius 3 is 2.79 bits per heavy atom. The number of rotatable bonds is 1. The van der Waals surface area contributed by atoms with Crippen LogP contribution in [0.1, 0.15) is 11.3 Å². The summed E-state index contributed by atoms with van der Waals surface area (Å²) in [5, 5.41) is 9.06. The largest absolute Gasteiger partial charge is 0.243 e. The van der Waals surface area contributed by atoms with Gasteiger partial charge in [-0.2, -0.15) is 5.26 Å². The number of benzene rings is 1. The Labute approximate surface area is 110 Å². The van der Waals surface area contributed by atoms with E-state index in [2.05, 4.69) is 21.0 Å². The van der Waals surface area contributed by atoms with Crippen molar-refractivity contribution in [3.8, 4) is 17.3 Å². The van der Waals surface area contributed by atoms with E-state index in [1.54, 1.807) is 0 Å². The van der Waals surface area contributed by atoms with Gasteiger partial charge in [-0.15, -0.1) is 0 Å². The van der Waals surface area contributed by atoms with E-state index in [0.717, 1.165) is 11.3 Å². The van der Waals surface area contributed by atoms with Crippen molar-refractivity contribution in [1.29, 1.82) is 5.26 Å². The monoisotopic (exact) mass is 246 g/mol. The van der Waals surface area contributed by atoms with E-state index in [9.17, 15) is 0 Å². The lowest BCUT2D eigenvalue weighted by Gasteiger charge is -2.04. The van der Waals surface area contributed by atoms with E-state index in [1.165, 1.54) is 11.9 Å². The lowest BCUT2D eigenvalue weighted by Crippen LogP contribution is -1.93. The molecule has 2 heterocycles. The number of nitrogens with zero attached hydrogens (tertiary/aromatic N) is 4. The van der Waals surface area contributed by atoms with Gasteiger partial charge in [0.1, 0.15) is 17.9 Å². The molecule has 0 atom stereocenters. The molecule has 0 radical (unpaired) electrons. The van der Waals surface area contributed by atoms with Crippen LogP contribution in [0, 0.1) is 18.3 Å². The summed E-state index contributed by atoms with van der Waals surface area (Å²) in [7, 11) is 0. The Kier molecular flexibility index (Phi) is 2.66. The number of nitriles is 1. The fourth-order valence-electron chi connectivity index (χ4n) is 1.99. The predicted octanol–water partition coefficient (Wildman–Crippen LogP) is 2.87. The van der Waals surface area contributed by atoms with Crippen LogP contribution in [0.2, 0.25) is 0 Å². The molecule has 1 aromatic carbocycles. The number of aromatic nitrogens is 3. The molecular formula is C15H10N4. The summed E-state index contributed by atoms with van der Waals surface area (Å²) in [4.78, 5) is 12.6. The average molecular weight is 246 g/mol. The van der Waals surface area contributed by atoms with Gasteiger partial charge < -0.3 is 0 Å². The molecule has 0 unspecified atom stereocenters. The van der Waals surface area contributed by atoms with Crippen LogP contribution in [0.15, 0.2) is 42.7 Å². The second-order valence-corrected chi connectivity index (χ2v) is 4.27. The first kappa shape index (κ1) is 11.3. The van der Waals surface area contributed by atoms with E-state index in [0.29, 0.717) is 16.7 Å². The number of fused-ring (bicyclic) bond motifs is 1. The molecule has 4 nitrogen and oxygen atoms in total. The van der Waals surface area contributed by atoms with Crippen LogP contribution in [0.4, 0.5) is 0 Å². The van der Waals surface area contributed by atoms with Gasteiger partial charge in [0.2, 0.25) is 0 Å². The summed E-state index contributed by atoms with van der Waals surface area (Å²) >= 11 is 0. The number of hydrogen-bond donors (Lipinski definition) is 0. The van der Waals surface area contributed by atoms with Crippen LogP contribution in [-0.4, -0.2) is 15.0 Å². The first-order chi connectivity index (χ1) is 9.28. The molecule has 0 amide bonds. The zero-order chi connectivity index (χ0) is 13.2. The molecule has 0 spiro atoms. The van der Waals surface area contributed by atoms with Crippen LogP contribution >= 0.6 is 0 Å². The van der Waals surface area contributed by atoms with Crippen LogP contribution in [-0.2, 0) is 0 Å². The van der Waals surface area contributed by atoms with Crippen molar-refractivity contribution in [1.82, 2.24) is 15.0 Å². The minimum atomic E-state index is 0.305. The van der Waals surface area contributed by atoms with Crippen molar-refractivity contribution in [3.05, 3.63) is 54.0 Å². The van der Waals surface area contributed by atoms with Gasteiger partial charge in [-0.05, 0) is 25.1 Å². The van der Waals surface area contributed by atoms with Crippen molar-refractivity contribution in [2.24, 2.45) is 0 Å². The summed E-state index contributed by atoms with van der Waals surface area (Å²) in [5.41, 5.74) is 4.55. The first-order valence-electron chi connectivity index (χ1n) is 5.87. The topological polar surface area (TPSA) is 62.5 Å². The summed E-state index contributed by atoms with van der Waals surface area (Å²) in [6.07, 6.45) is 1.38. The Bertz CT molecular complexity index is 803. The van der Waals surface area contributed by atoms with Crippen molar-refractivity contribution in [2.75, 3.05) is 0 Å². The van der Waals surface area contributed by atoms with Crippen LogP contribution in [0.3, 0.4) is 0 Å². The average Bonchev–Trinajstić information content (AvgIpc) is 2.46. The van der Waals surface area contributed by atoms with E-state index in [1.807, 2.05) is 43.3 Å². The van der Waals surface area contributed by atoms with Crippen molar-refractivity contribution in [3.63, 3.8) is 0 Å². The molecule has 2 aromatic heterocycles. The standard InChI is InChI=1S/C15H10N4/c1-10-3-2-4-11(7-10)12-5-6-13-15(19-12)14(8-16)18-9-17-13/h2-7,9H,1H3. The third-order valence-corrected chi connectivity index (χ3v) is 2.90. The Morgan fingerprint density at radius 2 is 2.00 bits per heavy atom. The summed E-state index contributed by atoms with van der Waals surface area (Å²) in [6, 6.07) is 13.9. The van der Waals surface area contributed by atoms with Crippen molar-refractivity contribution in [2.45, 2.75) is 6.92 Å². The van der Waals surface area contributed by atoms with Crippen LogP contribution in [0.25, 0.3) is 22.3 Å². The molecule has 0 bridgehead atoms. The molecule has 0 saturated carbocycles. The number of pyridine rings is 1. The van der Waals surface area contributed by atoms with Crippen molar-refractivity contribution >= 4 is 11.0 Å². The maximum atomic E-state index is 9.06. The highest BCUT2D eigenvalue weighted by Gasteiger charge is 2.07. The fourth-order valence-corrected chi connectivity index (χ4v) is 1.99. The Hall–Kier alpha value is -2.80. The van der Waals surface area contributed by atoms with Crippen LogP contribution in [0.5, 0.6) is 0 Å². The van der Waals surface area contributed by atoms with Gasteiger partial charge in [-0.3, -0.25) is 0 Å². The predicted molar refractivity (Wildman–Crippen MR) is 72.2 cm³/mol. The highest BCUT2D eigenvalue weighted by Crippen LogP contribution is 2.21. The normalized spacial score (nSPS) is 10.3.